The van der Waals surface area contributed by atoms with Gasteiger partial charge in [-0.05, 0) is 70.8 Å². The van der Waals surface area contributed by atoms with E-state index in [1.807, 2.05) is 12.1 Å². The van der Waals surface area contributed by atoms with Crippen molar-refractivity contribution in [2.75, 3.05) is 0 Å². The van der Waals surface area contributed by atoms with E-state index < -0.39 is 0 Å². The monoisotopic (exact) mass is 375 g/mol. The first-order chi connectivity index (χ1) is 12.7. The van der Waals surface area contributed by atoms with Crippen LogP contribution in [0.1, 0.15) is 24.6 Å². The highest BCUT2D eigenvalue weighted by Crippen LogP contribution is 2.41. The van der Waals surface area contributed by atoms with Gasteiger partial charge in [-0.15, -0.1) is 12.4 Å². The zero-order valence-corrected chi connectivity index (χ0v) is 16.1. The second-order valence-corrected chi connectivity index (χ2v) is 7.49. The number of aromatic hydroxyl groups is 1. The molecule has 0 radical (unpaired) electrons. The zero-order valence-electron chi connectivity index (χ0n) is 15.3. The van der Waals surface area contributed by atoms with E-state index in [4.69, 9.17) is 4.98 Å². The minimum absolute atomic E-state index is 0. The Morgan fingerprint density at radius 2 is 1.85 bits per heavy atom. The number of phenols is 1. The van der Waals surface area contributed by atoms with Crippen molar-refractivity contribution in [3.63, 3.8) is 0 Å². The van der Waals surface area contributed by atoms with Crippen molar-refractivity contribution in [2.24, 2.45) is 5.92 Å². The van der Waals surface area contributed by atoms with Gasteiger partial charge < -0.3 is 5.11 Å². The molecule has 0 bridgehead atoms. The lowest BCUT2D eigenvalue weighted by Crippen LogP contribution is -2.14. The lowest BCUT2D eigenvalue weighted by molar-refractivity contribution is 0.475. The fourth-order valence-corrected chi connectivity index (χ4v) is 4.36. The summed E-state index contributed by atoms with van der Waals surface area (Å²) in [6.45, 7) is 2.31. The van der Waals surface area contributed by atoms with E-state index >= 15 is 0 Å². The van der Waals surface area contributed by atoms with Crippen molar-refractivity contribution in [3.05, 3.63) is 71.9 Å². The van der Waals surface area contributed by atoms with Crippen LogP contribution in [0.3, 0.4) is 0 Å². The largest absolute Gasteiger partial charge is 0.508 e. The van der Waals surface area contributed by atoms with Crippen LogP contribution in [0.25, 0.3) is 32.8 Å². The van der Waals surface area contributed by atoms with Gasteiger partial charge >= 0.3 is 0 Å². The van der Waals surface area contributed by atoms with Gasteiger partial charge in [0.1, 0.15) is 5.75 Å². The Labute approximate surface area is 165 Å². The van der Waals surface area contributed by atoms with Crippen LogP contribution in [0.2, 0.25) is 0 Å². The predicted octanol–water partition coefficient (Wildman–Crippen LogP) is 6.31. The molecule has 0 saturated carbocycles. The van der Waals surface area contributed by atoms with E-state index in [1.54, 1.807) is 6.07 Å². The van der Waals surface area contributed by atoms with E-state index in [9.17, 15) is 5.11 Å². The Morgan fingerprint density at radius 1 is 1.00 bits per heavy atom. The molecule has 5 rings (SSSR count). The average Bonchev–Trinajstić information content (AvgIpc) is 2.66. The van der Waals surface area contributed by atoms with Gasteiger partial charge in [-0.2, -0.15) is 0 Å². The Hall–Kier alpha value is -2.58. The first kappa shape index (κ1) is 17.8. The highest BCUT2D eigenvalue weighted by Gasteiger charge is 2.23. The average molecular weight is 376 g/mol. The molecule has 4 aromatic rings. The number of nitrogens with zero attached hydrogens (tertiary/aromatic N) is 1. The van der Waals surface area contributed by atoms with Crippen LogP contribution in [0, 0.1) is 5.92 Å². The van der Waals surface area contributed by atoms with Gasteiger partial charge in [0.15, 0.2) is 0 Å². The summed E-state index contributed by atoms with van der Waals surface area (Å²) in [7, 11) is 0. The second-order valence-electron chi connectivity index (χ2n) is 7.49. The van der Waals surface area contributed by atoms with Crippen molar-refractivity contribution in [3.8, 4) is 16.9 Å². The molecule has 0 fully saturated rings. The predicted molar refractivity (Wildman–Crippen MR) is 115 cm³/mol. The van der Waals surface area contributed by atoms with E-state index in [2.05, 4.69) is 49.4 Å². The molecule has 1 aromatic heterocycles. The van der Waals surface area contributed by atoms with Crippen LogP contribution < -0.4 is 0 Å². The van der Waals surface area contributed by atoms with Crippen LogP contribution >= 0.6 is 12.4 Å². The molecule has 1 aliphatic carbocycles. The summed E-state index contributed by atoms with van der Waals surface area (Å²) >= 11 is 0. The molecule has 1 unspecified atom stereocenters. The molecule has 0 amide bonds. The number of phenolic OH excluding ortho intramolecular Hbond substituents is 1. The third kappa shape index (κ3) is 2.94. The standard InChI is InChI=1S/C24H21NO.ClH/c1-15-9-11-20-22(13-15)25-21-12-10-16-5-2-3-8-19(16)24(21)23(20)17-6-4-7-18(26)14-17;/h2-8,10,12,14-15,26H,9,11,13H2,1H3;1H. The molecule has 1 N–H and O–H groups in total. The maximum Gasteiger partial charge on any atom is 0.116 e. The van der Waals surface area contributed by atoms with E-state index in [0.29, 0.717) is 11.7 Å². The van der Waals surface area contributed by atoms with Gasteiger partial charge in [-0.25, -0.2) is 0 Å². The molecule has 1 aliphatic rings. The van der Waals surface area contributed by atoms with Crippen LogP contribution in [0.15, 0.2) is 60.7 Å². The Morgan fingerprint density at radius 3 is 2.70 bits per heavy atom. The quantitative estimate of drug-likeness (QED) is 0.395. The first-order valence-corrected chi connectivity index (χ1v) is 9.33. The van der Waals surface area contributed by atoms with Gasteiger partial charge in [0, 0.05) is 11.1 Å². The second kappa shape index (κ2) is 6.86. The SMILES string of the molecule is CC1CCc2c(nc3ccc4ccccc4c3c2-c2cccc(O)c2)C1.Cl. The van der Waals surface area contributed by atoms with Gasteiger partial charge in [-0.3, -0.25) is 4.98 Å². The molecule has 27 heavy (non-hydrogen) atoms. The number of fused-ring (bicyclic) bond motifs is 4. The van der Waals surface area contributed by atoms with Crippen LogP contribution in [-0.2, 0) is 12.8 Å². The molecule has 1 atom stereocenters. The topological polar surface area (TPSA) is 33.1 Å². The summed E-state index contributed by atoms with van der Waals surface area (Å²) in [5, 5.41) is 13.8. The smallest absolute Gasteiger partial charge is 0.116 e. The summed E-state index contributed by atoms with van der Waals surface area (Å²) in [5.41, 5.74) is 5.97. The minimum Gasteiger partial charge on any atom is -0.508 e. The fourth-order valence-electron chi connectivity index (χ4n) is 4.36. The summed E-state index contributed by atoms with van der Waals surface area (Å²) in [5.74, 6) is 0.982. The van der Waals surface area contributed by atoms with Crippen molar-refractivity contribution in [2.45, 2.75) is 26.2 Å². The maximum atomic E-state index is 10.1. The van der Waals surface area contributed by atoms with Gasteiger partial charge in [-0.1, -0.05) is 49.4 Å². The van der Waals surface area contributed by atoms with Gasteiger partial charge in [0.05, 0.1) is 5.52 Å². The summed E-state index contributed by atoms with van der Waals surface area (Å²) in [6.07, 6.45) is 3.27. The normalized spacial score (nSPS) is 16.1. The van der Waals surface area contributed by atoms with Crippen molar-refractivity contribution >= 4 is 34.1 Å². The summed E-state index contributed by atoms with van der Waals surface area (Å²) in [6, 6.07) is 20.5. The van der Waals surface area contributed by atoms with Crippen molar-refractivity contribution in [1.29, 1.82) is 0 Å². The molecule has 3 heteroatoms. The lowest BCUT2D eigenvalue weighted by Gasteiger charge is -2.25. The van der Waals surface area contributed by atoms with Gasteiger partial charge in [0.25, 0.3) is 0 Å². The molecule has 0 saturated heterocycles. The molecule has 1 heterocycles. The minimum atomic E-state index is 0. The highest BCUT2D eigenvalue weighted by atomic mass is 35.5. The van der Waals surface area contributed by atoms with E-state index in [1.165, 1.54) is 39.4 Å². The van der Waals surface area contributed by atoms with Crippen molar-refractivity contribution in [1.82, 2.24) is 4.98 Å². The number of aromatic nitrogens is 1. The molecular weight excluding hydrogens is 354 g/mol. The maximum absolute atomic E-state index is 10.1. The zero-order chi connectivity index (χ0) is 17.7. The Bertz CT molecular complexity index is 1150. The first-order valence-electron chi connectivity index (χ1n) is 9.33. The van der Waals surface area contributed by atoms with Crippen LogP contribution in [0.4, 0.5) is 0 Å². The van der Waals surface area contributed by atoms with Crippen LogP contribution in [-0.4, -0.2) is 10.1 Å². The number of hydrogen-bond acceptors (Lipinski definition) is 2. The molecule has 136 valence electrons. The lowest BCUT2D eigenvalue weighted by atomic mass is 9.82. The molecule has 3 aromatic carbocycles. The number of halogens is 1. The number of hydrogen-bond donors (Lipinski definition) is 1. The Balaban J connectivity index is 0.00000180. The number of benzene rings is 3. The summed E-state index contributed by atoms with van der Waals surface area (Å²) in [4.78, 5) is 5.06. The number of rotatable bonds is 1. The fraction of sp³-hybridized carbons (Fsp3) is 0.208. The van der Waals surface area contributed by atoms with E-state index in [0.717, 1.165) is 23.9 Å². The summed E-state index contributed by atoms with van der Waals surface area (Å²) < 4.78 is 0. The third-order valence-electron chi connectivity index (χ3n) is 5.63. The number of pyridine rings is 1. The van der Waals surface area contributed by atoms with Crippen LogP contribution in [0.5, 0.6) is 5.75 Å². The molecule has 2 nitrogen and oxygen atoms in total. The van der Waals surface area contributed by atoms with Crippen molar-refractivity contribution < 1.29 is 5.11 Å². The molecule has 0 aliphatic heterocycles. The Kier molecular flexibility index (Phi) is 4.53. The third-order valence-corrected chi connectivity index (χ3v) is 5.63. The molecular formula is C24H22ClNO. The molecule has 0 spiro atoms. The van der Waals surface area contributed by atoms with E-state index in [-0.39, 0.29) is 12.4 Å². The van der Waals surface area contributed by atoms with Gasteiger partial charge in [0.2, 0.25) is 0 Å². The highest BCUT2D eigenvalue weighted by molar-refractivity contribution is 6.14.